The average Bonchev–Trinajstić information content (AvgIpc) is 3.22. The molecule has 6 fully saturated rings. The molecule has 2 bridgehead atoms. The Hall–Kier alpha value is -2.14. The Morgan fingerprint density at radius 2 is 0.889 bits per heavy atom. The fraction of sp³-hybridized carbons (Fsp3) is 0.769. The van der Waals surface area contributed by atoms with Gasteiger partial charge in [-0.25, -0.2) is 0 Å². The molecule has 0 aromatic carbocycles. The molecule has 36 heavy (non-hydrogen) atoms. The molecule has 8 aliphatic rings. The molecule has 10 heteroatoms. The summed E-state index contributed by atoms with van der Waals surface area (Å²) in [5.41, 5.74) is 0. The molecule has 4 heterocycles. The molecular formula is C26H36N6O4. The van der Waals surface area contributed by atoms with Crippen LogP contribution >= 0.6 is 0 Å². The summed E-state index contributed by atoms with van der Waals surface area (Å²) >= 11 is 0. The lowest BCUT2D eigenvalue weighted by atomic mass is 9.40. The first kappa shape index (κ1) is 23.0. The van der Waals surface area contributed by atoms with Crippen molar-refractivity contribution in [3.05, 3.63) is 12.2 Å². The van der Waals surface area contributed by atoms with E-state index in [9.17, 15) is 19.2 Å². The minimum Gasteiger partial charge on any atom is -0.304 e. The van der Waals surface area contributed by atoms with Crippen molar-refractivity contribution in [3.63, 3.8) is 0 Å². The Kier molecular flexibility index (Phi) is 5.23. The summed E-state index contributed by atoms with van der Waals surface area (Å²) in [6.45, 7) is 7.82. The van der Waals surface area contributed by atoms with Gasteiger partial charge in [0.05, 0.1) is 37.0 Å². The van der Waals surface area contributed by atoms with Crippen LogP contribution in [0.25, 0.3) is 0 Å². The van der Waals surface area contributed by atoms with Crippen LogP contribution in [-0.4, -0.2) is 133 Å². The lowest BCUT2D eigenvalue weighted by Crippen LogP contribution is -2.63. The number of piperazine rings is 2. The van der Waals surface area contributed by atoms with Crippen LogP contribution in [0.3, 0.4) is 0 Å². The first-order chi connectivity index (χ1) is 17.3. The summed E-state index contributed by atoms with van der Waals surface area (Å²) in [6.07, 6.45) is 4.18. The summed E-state index contributed by atoms with van der Waals surface area (Å²) in [5.74, 6) is -1.93. The number of likely N-dealkylation sites (N-methyl/N-ethyl adjacent to an activating group) is 2. The lowest BCUT2D eigenvalue weighted by molar-refractivity contribution is -0.166. The number of hydrogen-bond acceptors (Lipinski definition) is 8. The van der Waals surface area contributed by atoms with E-state index in [4.69, 9.17) is 0 Å². The molecule has 4 saturated heterocycles. The molecule has 194 valence electrons. The Balaban J connectivity index is 1.10. The summed E-state index contributed by atoms with van der Waals surface area (Å²) in [7, 11) is 4.17. The van der Waals surface area contributed by atoms with Gasteiger partial charge in [0.1, 0.15) is 0 Å². The maximum atomic E-state index is 13.6. The molecule has 4 aliphatic heterocycles. The summed E-state index contributed by atoms with van der Waals surface area (Å²) in [4.78, 5) is 66.1. The summed E-state index contributed by atoms with van der Waals surface area (Å²) < 4.78 is 0. The van der Waals surface area contributed by atoms with Crippen molar-refractivity contribution in [2.75, 3.05) is 79.8 Å². The third-order valence-corrected chi connectivity index (χ3v) is 10.4. The second-order valence-corrected chi connectivity index (χ2v) is 12.1. The second-order valence-electron chi connectivity index (χ2n) is 12.1. The van der Waals surface area contributed by atoms with Crippen LogP contribution in [0.1, 0.15) is 0 Å². The molecule has 8 atom stereocenters. The molecule has 0 aromatic heterocycles. The van der Waals surface area contributed by atoms with Gasteiger partial charge in [0.25, 0.3) is 0 Å². The van der Waals surface area contributed by atoms with E-state index in [0.717, 1.165) is 52.4 Å². The van der Waals surface area contributed by atoms with E-state index in [1.807, 2.05) is 0 Å². The van der Waals surface area contributed by atoms with Gasteiger partial charge in [-0.05, 0) is 37.8 Å². The predicted octanol–water partition coefficient (Wildman–Crippen LogP) is -1.34. The molecule has 10 nitrogen and oxygen atoms in total. The third kappa shape index (κ3) is 3.10. The van der Waals surface area contributed by atoms with Gasteiger partial charge in [0.2, 0.25) is 23.6 Å². The number of imide groups is 2. The zero-order valence-electron chi connectivity index (χ0n) is 21.2. The van der Waals surface area contributed by atoms with Gasteiger partial charge in [-0.15, -0.1) is 0 Å². The average molecular weight is 497 g/mol. The number of hydrogen-bond donors (Lipinski definition) is 0. The van der Waals surface area contributed by atoms with Gasteiger partial charge in [0.15, 0.2) is 0 Å². The molecule has 0 N–H and O–H groups in total. The van der Waals surface area contributed by atoms with Crippen LogP contribution < -0.4 is 0 Å². The summed E-state index contributed by atoms with van der Waals surface area (Å²) in [5, 5.41) is 0. The normalized spacial score (nSPS) is 43.3. The molecule has 8 rings (SSSR count). The highest BCUT2D eigenvalue weighted by molar-refractivity contribution is 6.09. The quantitative estimate of drug-likeness (QED) is 0.349. The Labute approximate surface area is 211 Å². The first-order valence-electron chi connectivity index (χ1n) is 13.6. The monoisotopic (exact) mass is 496 g/mol. The first-order valence-corrected chi connectivity index (χ1v) is 13.6. The summed E-state index contributed by atoms with van der Waals surface area (Å²) in [6, 6.07) is 0. The van der Waals surface area contributed by atoms with E-state index in [0.29, 0.717) is 13.3 Å². The topological polar surface area (TPSA) is 87.7 Å². The number of carbonyl (C=O) groups is 4. The zero-order chi connectivity index (χ0) is 24.9. The number of likely N-dealkylation sites (tertiary alicyclic amines) is 2. The molecule has 0 radical (unpaired) electrons. The molecule has 0 spiro atoms. The fourth-order valence-corrected chi connectivity index (χ4v) is 8.38. The molecule has 4 aliphatic carbocycles. The van der Waals surface area contributed by atoms with Crippen LogP contribution in [-0.2, 0) is 19.2 Å². The Bertz CT molecular complexity index is 975. The highest BCUT2D eigenvalue weighted by Crippen LogP contribution is 2.68. The van der Waals surface area contributed by atoms with Gasteiger partial charge in [-0.3, -0.25) is 38.8 Å². The number of amides is 4. The van der Waals surface area contributed by atoms with E-state index in [2.05, 4.69) is 45.8 Å². The minimum absolute atomic E-state index is 0.000487. The SMILES string of the molecule is CN1CCN(CN2C(=O)C3C4C=CC(C3C2=O)C2C3C(=O)N(CN5CCN(C)CC5)C(=O)C3C42)CC1. The van der Waals surface area contributed by atoms with Crippen LogP contribution in [0.15, 0.2) is 12.2 Å². The van der Waals surface area contributed by atoms with E-state index in [1.54, 1.807) is 0 Å². The highest BCUT2D eigenvalue weighted by atomic mass is 16.2. The zero-order valence-corrected chi connectivity index (χ0v) is 21.2. The second kappa shape index (κ2) is 8.18. The van der Waals surface area contributed by atoms with E-state index < -0.39 is 0 Å². The maximum absolute atomic E-state index is 13.6. The van der Waals surface area contributed by atoms with E-state index in [1.165, 1.54) is 9.80 Å². The predicted molar refractivity (Wildman–Crippen MR) is 129 cm³/mol. The largest absolute Gasteiger partial charge is 0.304 e. The fourth-order valence-electron chi connectivity index (χ4n) is 8.38. The van der Waals surface area contributed by atoms with Crippen molar-refractivity contribution < 1.29 is 19.2 Å². The van der Waals surface area contributed by atoms with Gasteiger partial charge >= 0.3 is 0 Å². The van der Waals surface area contributed by atoms with E-state index >= 15 is 0 Å². The lowest BCUT2D eigenvalue weighted by Gasteiger charge is -2.60. The Morgan fingerprint density at radius 3 is 1.25 bits per heavy atom. The highest BCUT2D eigenvalue weighted by Gasteiger charge is 2.75. The number of nitrogens with zero attached hydrogens (tertiary/aromatic N) is 6. The third-order valence-electron chi connectivity index (χ3n) is 10.4. The van der Waals surface area contributed by atoms with Crippen molar-refractivity contribution in [1.82, 2.24) is 29.4 Å². The molecular weight excluding hydrogens is 460 g/mol. The van der Waals surface area contributed by atoms with E-state index in [-0.39, 0.29) is 71.0 Å². The van der Waals surface area contributed by atoms with Crippen molar-refractivity contribution >= 4 is 23.6 Å². The van der Waals surface area contributed by atoms with Crippen molar-refractivity contribution in [1.29, 1.82) is 0 Å². The molecule has 0 aromatic rings. The number of rotatable bonds is 4. The molecule has 2 saturated carbocycles. The number of fused-ring (bicyclic) bond motifs is 1. The van der Waals surface area contributed by atoms with Gasteiger partial charge in [0, 0.05) is 52.4 Å². The van der Waals surface area contributed by atoms with Crippen molar-refractivity contribution in [2.45, 2.75) is 0 Å². The maximum Gasteiger partial charge on any atom is 0.234 e. The molecule has 8 unspecified atom stereocenters. The van der Waals surface area contributed by atoms with Gasteiger partial charge in [-0.1, -0.05) is 12.2 Å². The smallest absolute Gasteiger partial charge is 0.234 e. The van der Waals surface area contributed by atoms with Crippen LogP contribution in [0.2, 0.25) is 0 Å². The van der Waals surface area contributed by atoms with Crippen molar-refractivity contribution in [3.8, 4) is 0 Å². The van der Waals surface area contributed by atoms with Crippen molar-refractivity contribution in [2.24, 2.45) is 47.3 Å². The number of allylic oxidation sites excluding steroid dienone is 2. The number of carbonyl (C=O) groups excluding carboxylic acids is 4. The van der Waals surface area contributed by atoms with Crippen LogP contribution in [0.4, 0.5) is 0 Å². The minimum atomic E-state index is -0.378. The molecule has 4 amide bonds. The Morgan fingerprint density at radius 1 is 0.556 bits per heavy atom. The van der Waals surface area contributed by atoms with Crippen LogP contribution in [0, 0.1) is 47.3 Å². The van der Waals surface area contributed by atoms with Gasteiger partial charge < -0.3 is 9.80 Å². The standard InChI is InChI=1S/C26H36N6O4/c1-27-5-9-29(10-6-27)13-31-23(33)19-15-3-4-16(20(19)24(31)34)18-17(15)21-22(18)26(36)32(25(21)35)14-30-11-7-28(2)8-12-30/h3-4,15-22H,5-14H2,1-2H3. The van der Waals surface area contributed by atoms with Crippen LogP contribution in [0.5, 0.6) is 0 Å². The van der Waals surface area contributed by atoms with Gasteiger partial charge in [-0.2, -0.15) is 0 Å².